The number of rotatable bonds is 6. The molecule has 0 bridgehead atoms. The highest BCUT2D eigenvalue weighted by Gasteiger charge is 2.19. The van der Waals surface area contributed by atoms with Crippen LogP contribution in [-0.2, 0) is 4.79 Å². The Morgan fingerprint density at radius 2 is 1.87 bits per heavy atom. The van der Waals surface area contributed by atoms with Gasteiger partial charge in [0.1, 0.15) is 5.78 Å². The van der Waals surface area contributed by atoms with Gasteiger partial charge in [-0.25, -0.2) is 0 Å². The molecule has 0 radical (unpaired) electrons. The fourth-order valence-electron chi connectivity index (χ4n) is 1.49. The molecule has 0 aliphatic rings. The molecule has 0 aromatic rings. The zero-order valence-electron chi connectivity index (χ0n) is 11.0. The Kier molecular flexibility index (Phi) is 6.55. The Labute approximate surface area is 95.0 Å². The first-order chi connectivity index (χ1) is 6.87. The van der Waals surface area contributed by atoms with Gasteiger partial charge in [-0.3, -0.25) is 4.79 Å². The Bertz CT molecular complexity index is 208. The van der Waals surface area contributed by atoms with Gasteiger partial charge in [0.05, 0.1) is 0 Å². The van der Waals surface area contributed by atoms with Gasteiger partial charge in [0.2, 0.25) is 0 Å². The number of carbonyl (C=O) groups excluding carboxylic acids is 1. The average molecular weight is 210 g/mol. The first kappa shape index (κ1) is 14.4. The third kappa shape index (κ3) is 8.41. The number of hydrogen-bond acceptors (Lipinski definition) is 1. The molecule has 15 heavy (non-hydrogen) atoms. The van der Waals surface area contributed by atoms with Gasteiger partial charge in [-0.05, 0) is 24.7 Å². The number of carbonyl (C=O) groups is 1. The second kappa shape index (κ2) is 6.81. The van der Waals surface area contributed by atoms with E-state index in [1.165, 1.54) is 0 Å². The van der Waals surface area contributed by atoms with Crippen molar-refractivity contribution in [1.29, 1.82) is 0 Å². The van der Waals surface area contributed by atoms with Crippen LogP contribution in [0.3, 0.4) is 0 Å². The lowest BCUT2D eigenvalue weighted by molar-refractivity contribution is -0.124. The van der Waals surface area contributed by atoms with Crippen LogP contribution in [0.2, 0.25) is 0 Å². The molecule has 0 fully saturated rings. The number of allylic oxidation sites excluding steroid dienone is 2. The van der Waals surface area contributed by atoms with Crippen LogP contribution in [0.25, 0.3) is 0 Å². The predicted octanol–water partition coefficient (Wildman–Crippen LogP) is 4.37. The van der Waals surface area contributed by atoms with Crippen molar-refractivity contribution in [1.82, 2.24) is 0 Å². The van der Waals surface area contributed by atoms with Crippen molar-refractivity contribution in [3.05, 3.63) is 12.2 Å². The lowest BCUT2D eigenvalue weighted by atomic mass is 9.85. The summed E-state index contributed by atoms with van der Waals surface area (Å²) in [4.78, 5) is 11.8. The summed E-state index contributed by atoms with van der Waals surface area (Å²) in [6.07, 6.45) is 8.16. The maximum atomic E-state index is 11.8. The van der Waals surface area contributed by atoms with Crippen molar-refractivity contribution in [2.75, 3.05) is 0 Å². The molecule has 0 aliphatic carbocycles. The summed E-state index contributed by atoms with van der Waals surface area (Å²) in [5.74, 6) is 0.623. The Morgan fingerprint density at radius 1 is 1.27 bits per heavy atom. The van der Waals surface area contributed by atoms with E-state index < -0.39 is 0 Å². The van der Waals surface area contributed by atoms with Crippen molar-refractivity contribution >= 4 is 5.78 Å². The van der Waals surface area contributed by atoms with Crippen LogP contribution < -0.4 is 0 Å². The van der Waals surface area contributed by atoms with Crippen LogP contribution >= 0.6 is 0 Å². The third-order valence-electron chi connectivity index (χ3n) is 2.42. The van der Waals surface area contributed by atoms with Gasteiger partial charge >= 0.3 is 0 Å². The van der Waals surface area contributed by atoms with Gasteiger partial charge in [-0.15, -0.1) is 0 Å². The fraction of sp³-hybridized carbons (Fsp3) is 0.786. The molecule has 0 aliphatic heterocycles. The first-order valence-corrected chi connectivity index (χ1v) is 6.04. The van der Waals surface area contributed by atoms with E-state index in [-0.39, 0.29) is 11.3 Å². The molecule has 0 aromatic carbocycles. The van der Waals surface area contributed by atoms with E-state index in [4.69, 9.17) is 0 Å². The maximum Gasteiger partial charge on any atom is 0.136 e. The highest BCUT2D eigenvalue weighted by atomic mass is 16.1. The molecular formula is C14H26O. The quantitative estimate of drug-likeness (QED) is 0.595. The van der Waals surface area contributed by atoms with Crippen molar-refractivity contribution < 1.29 is 4.79 Å². The number of ketones is 1. The van der Waals surface area contributed by atoms with Crippen LogP contribution in [0.5, 0.6) is 0 Å². The molecule has 0 rings (SSSR count). The standard InChI is InChI=1S/C14H26O/c1-6-7-8-9-10-12(2)13(15)11-14(3,4)5/h7-8,12H,6,9-11H2,1-5H3/b8-7-. The summed E-state index contributed by atoms with van der Waals surface area (Å²) in [6, 6.07) is 0. The van der Waals surface area contributed by atoms with E-state index in [0.717, 1.165) is 19.3 Å². The summed E-state index contributed by atoms with van der Waals surface area (Å²) in [5.41, 5.74) is 0.130. The van der Waals surface area contributed by atoms with Crippen LogP contribution in [0.1, 0.15) is 60.3 Å². The Morgan fingerprint density at radius 3 is 2.33 bits per heavy atom. The molecule has 1 atom stereocenters. The van der Waals surface area contributed by atoms with E-state index in [9.17, 15) is 4.79 Å². The minimum atomic E-state index is 0.130. The predicted molar refractivity (Wildman–Crippen MR) is 66.9 cm³/mol. The minimum absolute atomic E-state index is 0.130. The fourth-order valence-corrected chi connectivity index (χ4v) is 1.49. The third-order valence-corrected chi connectivity index (χ3v) is 2.42. The van der Waals surface area contributed by atoms with Crippen molar-refractivity contribution in [3.63, 3.8) is 0 Å². The van der Waals surface area contributed by atoms with Crippen LogP contribution in [0, 0.1) is 11.3 Å². The summed E-state index contributed by atoms with van der Waals surface area (Å²) < 4.78 is 0. The minimum Gasteiger partial charge on any atom is -0.299 e. The molecular weight excluding hydrogens is 184 g/mol. The molecule has 0 heterocycles. The number of hydrogen-bond donors (Lipinski definition) is 0. The lowest BCUT2D eigenvalue weighted by Gasteiger charge is -2.19. The Balaban J connectivity index is 3.84. The van der Waals surface area contributed by atoms with Gasteiger partial charge in [0.15, 0.2) is 0 Å². The maximum absolute atomic E-state index is 11.8. The molecule has 1 unspecified atom stereocenters. The SMILES string of the molecule is CC/C=C\CCC(C)C(=O)CC(C)(C)C. The van der Waals surface area contributed by atoms with E-state index >= 15 is 0 Å². The molecule has 1 nitrogen and oxygen atoms in total. The van der Waals surface area contributed by atoms with Gasteiger partial charge in [0, 0.05) is 12.3 Å². The molecule has 0 saturated heterocycles. The summed E-state index contributed by atoms with van der Waals surface area (Å²) in [6.45, 7) is 10.5. The summed E-state index contributed by atoms with van der Waals surface area (Å²) in [7, 11) is 0. The smallest absolute Gasteiger partial charge is 0.136 e. The van der Waals surface area contributed by atoms with Crippen LogP contribution in [-0.4, -0.2) is 5.78 Å². The lowest BCUT2D eigenvalue weighted by Crippen LogP contribution is -2.18. The van der Waals surface area contributed by atoms with Crippen LogP contribution in [0.15, 0.2) is 12.2 Å². The molecule has 0 spiro atoms. The monoisotopic (exact) mass is 210 g/mol. The van der Waals surface area contributed by atoms with Gasteiger partial charge < -0.3 is 0 Å². The molecule has 0 amide bonds. The average Bonchev–Trinajstić information content (AvgIpc) is 2.09. The zero-order chi connectivity index (χ0) is 11.9. The second-order valence-corrected chi connectivity index (χ2v) is 5.56. The molecule has 88 valence electrons. The van der Waals surface area contributed by atoms with Crippen molar-refractivity contribution in [2.45, 2.75) is 60.3 Å². The van der Waals surface area contributed by atoms with Gasteiger partial charge in [-0.1, -0.05) is 46.8 Å². The van der Waals surface area contributed by atoms with Crippen molar-refractivity contribution in [2.24, 2.45) is 11.3 Å². The molecule has 0 N–H and O–H groups in total. The molecule has 0 saturated carbocycles. The Hall–Kier alpha value is -0.590. The highest BCUT2D eigenvalue weighted by Crippen LogP contribution is 2.22. The largest absolute Gasteiger partial charge is 0.299 e. The van der Waals surface area contributed by atoms with E-state index in [1.807, 2.05) is 6.92 Å². The van der Waals surface area contributed by atoms with Gasteiger partial charge in [0.25, 0.3) is 0 Å². The normalized spacial score (nSPS) is 14.5. The van der Waals surface area contributed by atoms with E-state index in [1.54, 1.807) is 0 Å². The van der Waals surface area contributed by atoms with E-state index in [0.29, 0.717) is 12.2 Å². The summed E-state index contributed by atoms with van der Waals surface area (Å²) in [5, 5.41) is 0. The second-order valence-electron chi connectivity index (χ2n) is 5.56. The van der Waals surface area contributed by atoms with Crippen molar-refractivity contribution in [3.8, 4) is 0 Å². The summed E-state index contributed by atoms with van der Waals surface area (Å²) >= 11 is 0. The highest BCUT2D eigenvalue weighted by molar-refractivity contribution is 5.81. The first-order valence-electron chi connectivity index (χ1n) is 6.04. The molecule has 1 heteroatoms. The molecule has 0 aromatic heterocycles. The van der Waals surface area contributed by atoms with Gasteiger partial charge in [-0.2, -0.15) is 0 Å². The zero-order valence-corrected chi connectivity index (χ0v) is 11.0. The van der Waals surface area contributed by atoms with E-state index in [2.05, 4.69) is 39.8 Å². The van der Waals surface area contributed by atoms with Crippen LogP contribution in [0.4, 0.5) is 0 Å². The number of Topliss-reactive ketones (excluding diaryl/α,β-unsaturated/α-hetero) is 1. The topological polar surface area (TPSA) is 17.1 Å².